The summed E-state index contributed by atoms with van der Waals surface area (Å²) in [5, 5.41) is 9.73. The van der Waals surface area contributed by atoms with Crippen LogP contribution in [0, 0.1) is 5.92 Å². The minimum absolute atomic E-state index is 0.0876. The van der Waals surface area contributed by atoms with Crippen LogP contribution in [-0.2, 0) is 4.79 Å². The molecule has 1 amide bonds. The first kappa shape index (κ1) is 11.9. The van der Waals surface area contributed by atoms with Gasteiger partial charge in [0.1, 0.15) is 0 Å². The van der Waals surface area contributed by atoms with Crippen LogP contribution in [0.15, 0.2) is 23.1 Å². The molecule has 96 valence electrons. The average molecular weight is 263 g/mol. The van der Waals surface area contributed by atoms with Gasteiger partial charge in [-0.2, -0.15) is 0 Å². The standard InChI is InChI=1S/C13H17N3OS/c17-13-8-18-12-2-1-10(5-11(12)16-13)15-7-9-3-4-14-6-9/h1-2,5,9,14-15H,3-4,6-8H2,(H,16,17). The van der Waals surface area contributed by atoms with E-state index in [0.29, 0.717) is 11.7 Å². The smallest absolute Gasteiger partial charge is 0.234 e. The molecule has 1 saturated heterocycles. The molecule has 3 rings (SSSR count). The van der Waals surface area contributed by atoms with E-state index in [4.69, 9.17) is 0 Å². The van der Waals surface area contributed by atoms with E-state index in [1.165, 1.54) is 6.42 Å². The fourth-order valence-corrected chi connectivity index (χ4v) is 3.13. The lowest BCUT2D eigenvalue weighted by Crippen LogP contribution is -2.19. The molecule has 1 unspecified atom stereocenters. The second-order valence-corrected chi connectivity index (χ2v) is 5.80. The molecule has 1 fully saturated rings. The van der Waals surface area contributed by atoms with E-state index in [2.05, 4.69) is 28.1 Å². The van der Waals surface area contributed by atoms with Crippen LogP contribution in [0.4, 0.5) is 11.4 Å². The number of carbonyl (C=O) groups is 1. The van der Waals surface area contributed by atoms with E-state index in [9.17, 15) is 4.79 Å². The first-order valence-electron chi connectivity index (χ1n) is 6.32. The second-order valence-electron chi connectivity index (χ2n) is 4.79. The molecule has 1 aromatic carbocycles. The maximum atomic E-state index is 11.3. The Morgan fingerprint density at radius 3 is 3.22 bits per heavy atom. The Balaban J connectivity index is 1.65. The van der Waals surface area contributed by atoms with E-state index in [-0.39, 0.29) is 5.91 Å². The van der Waals surface area contributed by atoms with Gasteiger partial charge in [-0.25, -0.2) is 0 Å². The van der Waals surface area contributed by atoms with Gasteiger partial charge in [-0.3, -0.25) is 4.79 Å². The quantitative estimate of drug-likeness (QED) is 0.778. The predicted molar refractivity (Wildman–Crippen MR) is 75.3 cm³/mol. The fraction of sp³-hybridized carbons (Fsp3) is 0.462. The molecule has 0 aliphatic carbocycles. The van der Waals surface area contributed by atoms with Gasteiger partial charge in [0.2, 0.25) is 5.91 Å². The third-order valence-corrected chi connectivity index (χ3v) is 4.44. The van der Waals surface area contributed by atoms with Crippen LogP contribution in [0.5, 0.6) is 0 Å². The summed E-state index contributed by atoms with van der Waals surface area (Å²) in [7, 11) is 0. The summed E-state index contributed by atoms with van der Waals surface area (Å²) in [6, 6.07) is 6.20. The van der Waals surface area contributed by atoms with Crippen LogP contribution in [0.2, 0.25) is 0 Å². The number of carbonyl (C=O) groups excluding carboxylic acids is 1. The summed E-state index contributed by atoms with van der Waals surface area (Å²) in [6.45, 7) is 3.22. The first-order chi connectivity index (χ1) is 8.81. The summed E-state index contributed by atoms with van der Waals surface area (Å²) in [6.07, 6.45) is 1.24. The highest BCUT2D eigenvalue weighted by Crippen LogP contribution is 2.33. The lowest BCUT2D eigenvalue weighted by Gasteiger charge is -2.18. The highest BCUT2D eigenvalue weighted by atomic mass is 32.2. The monoisotopic (exact) mass is 263 g/mol. The van der Waals surface area contributed by atoms with Crippen molar-refractivity contribution >= 4 is 29.0 Å². The largest absolute Gasteiger partial charge is 0.385 e. The Bertz CT molecular complexity index is 458. The minimum atomic E-state index is 0.0876. The Labute approximate surface area is 111 Å². The number of benzene rings is 1. The van der Waals surface area contributed by atoms with Gasteiger partial charge in [0.05, 0.1) is 11.4 Å². The molecule has 3 N–H and O–H groups in total. The van der Waals surface area contributed by atoms with Gasteiger partial charge in [-0.1, -0.05) is 0 Å². The van der Waals surface area contributed by atoms with Gasteiger partial charge in [0, 0.05) is 17.1 Å². The van der Waals surface area contributed by atoms with Gasteiger partial charge in [-0.05, 0) is 43.6 Å². The highest BCUT2D eigenvalue weighted by Gasteiger charge is 2.16. The normalized spacial score (nSPS) is 22.4. The predicted octanol–water partition coefficient (Wildman–Crippen LogP) is 1.75. The van der Waals surface area contributed by atoms with Crippen molar-refractivity contribution in [3.63, 3.8) is 0 Å². The second kappa shape index (κ2) is 5.20. The molecule has 0 spiro atoms. The molecule has 0 aromatic heterocycles. The molecule has 0 radical (unpaired) electrons. The summed E-state index contributed by atoms with van der Waals surface area (Å²) >= 11 is 1.60. The van der Waals surface area contributed by atoms with Crippen LogP contribution < -0.4 is 16.0 Å². The van der Waals surface area contributed by atoms with E-state index in [1.807, 2.05) is 6.07 Å². The van der Waals surface area contributed by atoms with E-state index < -0.39 is 0 Å². The summed E-state index contributed by atoms with van der Waals surface area (Å²) in [5.74, 6) is 1.32. The van der Waals surface area contributed by atoms with Crippen molar-refractivity contribution < 1.29 is 4.79 Å². The number of amides is 1. The van der Waals surface area contributed by atoms with Crippen molar-refractivity contribution in [3.05, 3.63) is 18.2 Å². The van der Waals surface area contributed by atoms with Gasteiger partial charge in [0.25, 0.3) is 0 Å². The van der Waals surface area contributed by atoms with Crippen LogP contribution >= 0.6 is 11.8 Å². The van der Waals surface area contributed by atoms with E-state index >= 15 is 0 Å². The number of nitrogens with one attached hydrogen (secondary N) is 3. The number of rotatable bonds is 3. The molecule has 1 atom stereocenters. The van der Waals surface area contributed by atoms with Gasteiger partial charge < -0.3 is 16.0 Å². The Hall–Kier alpha value is -1.20. The molecule has 2 aliphatic rings. The average Bonchev–Trinajstić information content (AvgIpc) is 2.89. The van der Waals surface area contributed by atoms with Crippen molar-refractivity contribution in [2.45, 2.75) is 11.3 Å². The highest BCUT2D eigenvalue weighted by molar-refractivity contribution is 8.00. The minimum Gasteiger partial charge on any atom is -0.385 e. The molecule has 5 heteroatoms. The van der Waals surface area contributed by atoms with Gasteiger partial charge in [0.15, 0.2) is 0 Å². The third kappa shape index (κ3) is 2.62. The lowest BCUT2D eigenvalue weighted by atomic mass is 10.1. The maximum Gasteiger partial charge on any atom is 0.234 e. The molecule has 1 aromatic rings. The van der Waals surface area contributed by atoms with Crippen molar-refractivity contribution in [3.8, 4) is 0 Å². The molecule has 18 heavy (non-hydrogen) atoms. The number of hydrogen-bond acceptors (Lipinski definition) is 4. The summed E-state index contributed by atoms with van der Waals surface area (Å²) in [4.78, 5) is 12.5. The van der Waals surface area contributed by atoms with Crippen molar-refractivity contribution in [1.29, 1.82) is 0 Å². The molecule has 2 aliphatic heterocycles. The number of fused-ring (bicyclic) bond motifs is 1. The number of anilines is 2. The van der Waals surface area contributed by atoms with Crippen molar-refractivity contribution in [2.24, 2.45) is 5.92 Å². The topological polar surface area (TPSA) is 53.2 Å². The van der Waals surface area contributed by atoms with Crippen LogP contribution in [0.25, 0.3) is 0 Å². The Morgan fingerprint density at radius 1 is 1.44 bits per heavy atom. The fourth-order valence-electron chi connectivity index (χ4n) is 2.34. The molecular weight excluding hydrogens is 246 g/mol. The van der Waals surface area contributed by atoms with Crippen LogP contribution in [0.1, 0.15) is 6.42 Å². The van der Waals surface area contributed by atoms with Crippen LogP contribution in [-0.4, -0.2) is 31.3 Å². The Kier molecular flexibility index (Phi) is 3.43. The van der Waals surface area contributed by atoms with Gasteiger partial charge >= 0.3 is 0 Å². The molecule has 4 nitrogen and oxygen atoms in total. The molecule has 0 bridgehead atoms. The van der Waals surface area contributed by atoms with Crippen molar-refractivity contribution in [1.82, 2.24) is 5.32 Å². The first-order valence-corrected chi connectivity index (χ1v) is 7.31. The van der Waals surface area contributed by atoms with Crippen LogP contribution in [0.3, 0.4) is 0 Å². The lowest BCUT2D eigenvalue weighted by molar-refractivity contribution is -0.113. The zero-order chi connectivity index (χ0) is 12.4. The van der Waals surface area contributed by atoms with Gasteiger partial charge in [-0.15, -0.1) is 11.8 Å². The van der Waals surface area contributed by atoms with E-state index in [0.717, 1.165) is 35.9 Å². The zero-order valence-electron chi connectivity index (χ0n) is 10.2. The summed E-state index contributed by atoms with van der Waals surface area (Å²) in [5.41, 5.74) is 2.02. The maximum absolute atomic E-state index is 11.3. The van der Waals surface area contributed by atoms with Crippen molar-refractivity contribution in [2.75, 3.05) is 36.0 Å². The molecule has 0 saturated carbocycles. The number of hydrogen-bond donors (Lipinski definition) is 3. The summed E-state index contributed by atoms with van der Waals surface area (Å²) < 4.78 is 0. The SMILES string of the molecule is O=C1CSc2ccc(NCC3CCNC3)cc2N1. The number of thioether (sulfide) groups is 1. The van der Waals surface area contributed by atoms with E-state index in [1.54, 1.807) is 11.8 Å². The zero-order valence-corrected chi connectivity index (χ0v) is 11.0. The molecular formula is C13H17N3OS. The third-order valence-electron chi connectivity index (χ3n) is 3.37. The molecule has 2 heterocycles. The Morgan fingerprint density at radius 2 is 2.39 bits per heavy atom.